The molecule has 1 N–H and O–H groups in total. The van der Waals surface area contributed by atoms with Crippen molar-refractivity contribution in [3.05, 3.63) is 64.4 Å². The standard InChI is InChI=1S/C22H19N3O4S/c1-4-28-21(27)19-13(3)23-22(30-19)25-20(26)15-11-17(18-10-9-12(2)29-18)24-16-8-6-5-7-14(15)16/h5-11H,4H2,1-3H3,(H,23,25,26). The first-order valence-electron chi connectivity index (χ1n) is 9.38. The van der Waals surface area contributed by atoms with Gasteiger partial charge in [-0.05, 0) is 45.0 Å². The SMILES string of the molecule is CCOC(=O)c1sc(NC(=O)c2cc(-c3ccc(C)o3)nc3ccccc23)nc1C. The number of esters is 1. The van der Waals surface area contributed by atoms with Crippen LogP contribution in [0.2, 0.25) is 0 Å². The van der Waals surface area contributed by atoms with Crippen LogP contribution in [0.1, 0.15) is 38.4 Å². The molecule has 30 heavy (non-hydrogen) atoms. The molecule has 0 saturated heterocycles. The number of ether oxygens (including phenoxy) is 1. The number of fused-ring (bicyclic) bond motifs is 1. The highest BCUT2D eigenvalue weighted by Gasteiger charge is 2.20. The molecule has 4 rings (SSSR count). The van der Waals surface area contributed by atoms with Crippen LogP contribution >= 0.6 is 11.3 Å². The van der Waals surface area contributed by atoms with E-state index >= 15 is 0 Å². The Balaban J connectivity index is 1.71. The molecule has 0 spiro atoms. The van der Waals surface area contributed by atoms with E-state index < -0.39 is 5.97 Å². The lowest BCUT2D eigenvalue weighted by Gasteiger charge is -2.08. The minimum atomic E-state index is -0.446. The molecule has 0 saturated carbocycles. The van der Waals surface area contributed by atoms with Crippen molar-refractivity contribution in [3.8, 4) is 11.5 Å². The van der Waals surface area contributed by atoms with Crippen molar-refractivity contribution in [2.75, 3.05) is 11.9 Å². The molecule has 0 fully saturated rings. The Morgan fingerprint density at radius 1 is 1.13 bits per heavy atom. The van der Waals surface area contributed by atoms with E-state index in [-0.39, 0.29) is 12.5 Å². The molecule has 0 aliphatic carbocycles. The van der Waals surface area contributed by atoms with Gasteiger partial charge in [-0.15, -0.1) is 0 Å². The lowest BCUT2D eigenvalue weighted by molar-refractivity contribution is 0.0531. The minimum Gasteiger partial charge on any atom is -0.462 e. The number of hydrogen-bond acceptors (Lipinski definition) is 7. The van der Waals surface area contributed by atoms with E-state index in [1.54, 1.807) is 19.9 Å². The molecule has 0 radical (unpaired) electrons. The summed E-state index contributed by atoms with van der Waals surface area (Å²) in [6, 6.07) is 12.8. The number of carbonyl (C=O) groups excluding carboxylic acids is 2. The van der Waals surface area contributed by atoms with Crippen molar-refractivity contribution in [1.29, 1.82) is 0 Å². The number of nitrogens with one attached hydrogen (secondary N) is 1. The molecule has 0 aliphatic rings. The largest absolute Gasteiger partial charge is 0.462 e. The second kappa shape index (κ2) is 8.08. The first-order chi connectivity index (χ1) is 14.5. The van der Waals surface area contributed by atoms with Crippen molar-refractivity contribution in [2.24, 2.45) is 0 Å². The van der Waals surface area contributed by atoms with E-state index in [1.165, 1.54) is 0 Å². The monoisotopic (exact) mass is 421 g/mol. The summed E-state index contributed by atoms with van der Waals surface area (Å²) in [6.45, 7) is 5.57. The Morgan fingerprint density at radius 2 is 1.93 bits per heavy atom. The van der Waals surface area contributed by atoms with Gasteiger partial charge in [0.15, 0.2) is 10.9 Å². The lowest BCUT2D eigenvalue weighted by atomic mass is 10.1. The normalized spacial score (nSPS) is 10.9. The predicted octanol–water partition coefficient (Wildman–Crippen LogP) is 5.00. The average Bonchev–Trinajstić information content (AvgIpc) is 3.32. The van der Waals surface area contributed by atoms with Crippen molar-refractivity contribution >= 4 is 39.2 Å². The molecular formula is C22H19N3O4S. The predicted molar refractivity (Wildman–Crippen MR) is 115 cm³/mol. The van der Waals surface area contributed by atoms with Crippen molar-refractivity contribution in [2.45, 2.75) is 20.8 Å². The fourth-order valence-electron chi connectivity index (χ4n) is 3.06. The number of aryl methyl sites for hydroxylation is 2. The van der Waals surface area contributed by atoms with Crippen molar-refractivity contribution in [1.82, 2.24) is 9.97 Å². The Morgan fingerprint density at radius 3 is 2.67 bits per heavy atom. The maximum atomic E-state index is 13.1. The zero-order valence-corrected chi connectivity index (χ0v) is 17.5. The second-order valence-electron chi connectivity index (χ2n) is 6.59. The number of aromatic nitrogens is 2. The second-order valence-corrected chi connectivity index (χ2v) is 7.59. The lowest BCUT2D eigenvalue weighted by Crippen LogP contribution is -2.13. The number of para-hydroxylation sites is 1. The molecule has 1 amide bonds. The maximum absolute atomic E-state index is 13.1. The molecule has 1 aromatic carbocycles. The smallest absolute Gasteiger partial charge is 0.350 e. The number of furan rings is 1. The third-order valence-electron chi connectivity index (χ3n) is 4.43. The van der Waals surface area contributed by atoms with E-state index in [1.807, 2.05) is 43.3 Å². The van der Waals surface area contributed by atoms with E-state index in [9.17, 15) is 9.59 Å². The number of pyridine rings is 1. The summed E-state index contributed by atoms with van der Waals surface area (Å²) in [6.07, 6.45) is 0. The topological polar surface area (TPSA) is 94.3 Å². The molecule has 0 aliphatic heterocycles. The summed E-state index contributed by atoms with van der Waals surface area (Å²) in [7, 11) is 0. The van der Waals surface area contributed by atoms with E-state index in [0.29, 0.717) is 43.6 Å². The molecular weight excluding hydrogens is 402 g/mol. The van der Waals surface area contributed by atoms with Gasteiger partial charge in [-0.1, -0.05) is 29.5 Å². The number of nitrogens with zero attached hydrogens (tertiary/aromatic N) is 2. The van der Waals surface area contributed by atoms with Gasteiger partial charge in [0.25, 0.3) is 5.91 Å². The molecule has 0 unspecified atom stereocenters. The van der Waals surface area contributed by atoms with E-state index in [0.717, 1.165) is 17.1 Å². The van der Waals surface area contributed by atoms with Gasteiger partial charge in [-0.25, -0.2) is 14.8 Å². The Bertz CT molecular complexity index is 1260. The summed E-state index contributed by atoms with van der Waals surface area (Å²) in [4.78, 5) is 34.4. The molecule has 8 heteroatoms. The highest BCUT2D eigenvalue weighted by molar-refractivity contribution is 7.17. The van der Waals surface area contributed by atoms with Crippen LogP contribution in [0, 0.1) is 13.8 Å². The number of amides is 1. The van der Waals surface area contributed by atoms with Gasteiger partial charge < -0.3 is 9.15 Å². The number of hydrogen-bond donors (Lipinski definition) is 1. The maximum Gasteiger partial charge on any atom is 0.350 e. The van der Waals surface area contributed by atoms with Crippen LogP contribution < -0.4 is 5.32 Å². The van der Waals surface area contributed by atoms with Gasteiger partial charge in [-0.2, -0.15) is 0 Å². The quantitative estimate of drug-likeness (QED) is 0.456. The van der Waals surface area contributed by atoms with Crippen LogP contribution in [-0.4, -0.2) is 28.5 Å². The first kappa shape index (κ1) is 19.8. The van der Waals surface area contributed by atoms with E-state index in [2.05, 4.69) is 15.3 Å². The van der Waals surface area contributed by atoms with Gasteiger partial charge in [0.2, 0.25) is 0 Å². The molecule has 152 valence electrons. The molecule has 0 atom stereocenters. The highest BCUT2D eigenvalue weighted by atomic mass is 32.1. The highest BCUT2D eigenvalue weighted by Crippen LogP contribution is 2.28. The minimum absolute atomic E-state index is 0.274. The molecule has 4 aromatic rings. The average molecular weight is 421 g/mol. The van der Waals surface area contributed by atoms with Gasteiger partial charge in [0.05, 0.1) is 23.4 Å². The number of carbonyl (C=O) groups is 2. The summed E-state index contributed by atoms with van der Waals surface area (Å²) >= 11 is 1.09. The summed E-state index contributed by atoms with van der Waals surface area (Å²) < 4.78 is 10.7. The van der Waals surface area contributed by atoms with Crippen LogP contribution in [0.5, 0.6) is 0 Å². The van der Waals surface area contributed by atoms with E-state index in [4.69, 9.17) is 9.15 Å². The first-order valence-corrected chi connectivity index (χ1v) is 10.2. The molecule has 0 bridgehead atoms. The summed E-state index contributed by atoms with van der Waals surface area (Å²) in [5, 5.41) is 3.83. The molecule has 7 nitrogen and oxygen atoms in total. The van der Waals surface area contributed by atoms with Crippen LogP contribution in [0.25, 0.3) is 22.4 Å². The van der Waals surface area contributed by atoms with Gasteiger partial charge in [-0.3, -0.25) is 10.1 Å². The zero-order chi connectivity index (χ0) is 21.3. The van der Waals surface area contributed by atoms with Crippen molar-refractivity contribution < 1.29 is 18.7 Å². The number of benzene rings is 1. The van der Waals surface area contributed by atoms with Crippen LogP contribution in [0.15, 0.2) is 46.9 Å². The van der Waals surface area contributed by atoms with Crippen LogP contribution in [-0.2, 0) is 4.74 Å². The Labute approximate surface area is 176 Å². The fraction of sp³-hybridized carbons (Fsp3) is 0.182. The van der Waals surface area contributed by atoms with Gasteiger partial charge in [0.1, 0.15) is 16.3 Å². The Kier molecular flexibility index (Phi) is 5.33. The summed E-state index contributed by atoms with van der Waals surface area (Å²) in [5.41, 5.74) is 2.20. The zero-order valence-electron chi connectivity index (χ0n) is 16.7. The third kappa shape index (κ3) is 3.81. The third-order valence-corrected chi connectivity index (χ3v) is 5.48. The number of thiazole rings is 1. The van der Waals surface area contributed by atoms with Crippen LogP contribution in [0.4, 0.5) is 5.13 Å². The fourth-order valence-corrected chi connectivity index (χ4v) is 3.92. The number of anilines is 1. The number of rotatable bonds is 5. The van der Waals surface area contributed by atoms with Crippen LogP contribution in [0.3, 0.4) is 0 Å². The summed E-state index contributed by atoms with van der Waals surface area (Å²) in [5.74, 6) is 0.554. The molecule has 3 heterocycles. The van der Waals surface area contributed by atoms with Crippen molar-refractivity contribution in [3.63, 3.8) is 0 Å². The van der Waals surface area contributed by atoms with Gasteiger partial charge >= 0.3 is 5.97 Å². The Hall–Kier alpha value is -3.52. The molecule has 3 aromatic heterocycles. The van der Waals surface area contributed by atoms with Gasteiger partial charge in [0, 0.05) is 5.39 Å².